The third-order valence-corrected chi connectivity index (χ3v) is 10.2. The van der Waals surface area contributed by atoms with Gasteiger partial charge in [0.2, 0.25) is 0 Å². The highest BCUT2D eigenvalue weighted by atomic mass is 32.2. The lowest BCUT2D eigenvalue weighted by Crippen LogP contribution is -2.55. The second-order valence-corrected chi connectivity index (χ2v) is 12.5. The van der Waals surface area contributed by atoms with Crippen LogP contribution in [0.1, 0.15) is 32.1 Å². The molecule has 3 aromatic rings. The van der Waals surface area contributed by atoms with Crippen LogP contribution in [0.4, 0.5) is 5.69 Å². The van der Waals surface area contributed by atoms with Gasteiger partial charge in [-0.1, -0.05) is 11.9 Å². The SMILES string of the molecule is CSNc1ccc(OC23CC4CC5C(OP(O)O)C(C2)C5(C4)C3)c(-c2cn(C)c(=O)c3[nH]ccc23)c1. The molecule has 4 N–H and O–H groups in total. The van der Waals surface area contributed by atoms with Gasteiger partial charge in [-0.3, -0.25) is 4.79 Å². The molecule has 7 rings (SSSR count). The quantitative estimate of drug-likeness (QED) is 0.259. The van der Waals surface area contributed by atoms with Crippen LogP contribution in [0.2, 0.25) is 0 Å². The molecular weight excluding hydrogens is 497 g/mol. The van der Waals surface area contributed by atoms with Gasteiger partial charge in [-0.25, -0.2) is 0 Å². The van der Waals surface area contributed by atoms with Gasteiger partial charge in [0.1, 0.15) is 16.9 Å². The number of nitrogens with one attached hydrogen (secondary N) is 2. The zero-order valence-corrected chi connectivity index (χ0v) is 21.9. The van der Waals surface area contributed by atoms with Gasteiger partial charge in [-0.15, -0.1) is 0 Å². The number of fused-ring (bicyclic) bond motifs is 3. The maximum absolute atomic E-state index is 12.7. The van der Waals surface area contributed by atoms with Crippen molar-refractivity contribution in [3.8, 4) is 16.9 Å². The summed E-state index contributed by atoms with van der Waals surface area (Å²) in [5.41, 5.74) is 3.34. The van der Waals surface area contributed by atoms with Crippen molar-refractivity contribution >= 4 is 37.1 Å². The third-order valence-electron chi connectivity index (χ3n) is 9.36. The molecule has 10 heteroatoms. The summed E-state index contributed by atoms with van der Waals surface area (Å²) in [4.78, 5) is 35.0. The van der Waals surface area contributed by atoms with E-state index in [4.69, 9.17) is 9.26 Å². The van der Waals surface area contributed by atoms with Gasteiger partial charge in [0.05, 0.1) is 6.10 Å². The Bertz CT molecular complexity index is 1420. The second-order valence-electron chi connectivity index (χ2n) is 11.2. The van der Waals surface area contributed by atoms with E-state index in [0.717, 1.165) is 53.6 Å². The maximum Gasteiger partial charge on any atom is 0.327 e. The van der Waals surface area contributed by atoms with Crippen LogP contribution in [0.5, 0.6) is 5.75 Å². The van der Waals surface area contributed by atoms with Crippen LogP contribution in [-0.2, 0) is 11.6 Å². The van der Waals surface area contributed by atoms with Crippen molar-refractivity contribution in [3.05, 3.63) is 47.0 Å². The highest BCUT2D eigenvalue weighted by Crippen LogP contribution is 2.78. The minimum atomic E-state index is -2.35. The molecule has 1 spiro atoms. The standard InChI is InChI=1S/C26H30N3O5PS/c1-29-12-18(16-5-6-27-22(16)24(29)30)17-8-15(28-36-2)3-4-21(17)33-25-9-14-7-19-23(34-35(31)32)20(11-25)26(19,10-14)13-25/h3-6,8,12,14,19-20,23,27-28,31-32H,7,9-11,13H2,1-2H3. The van der Waals surface area contributed by atoms with E-state index in [2.05, 4.69) is 15.8 Å². The number of H-pyrrole nitrogens is 1. The number of aryl methyl sites for hydroxylation is 1. The number of aromatic nitrogens is 2. The monoisotopic (exact) mass is 527 g/mol. The Hall–Kier alpha value is -2.03. The lowest BCUT2D eigenvalue weighted by Gasteiger charge is -2.54. The summed E-state index contributed by atoms with van der Waals surface area (Å²) >= 11 is 1.53. The molecule has 8 nitrogen and oxygen atoms in total. The molecule has 0 aliphatic heterocycles. The third kappa shape index (κ3) is 3.19. The van der Waals surface area contributed by atoms with Crippen molar-refractivity contribution in [2.45, 2.75) is 43.8 Å². The molecule has 4 aliphatic rings. The lowest BCUT2D eigenvalue weighted by atomic mass is 9.54. The van der Waals surface area contributed by atoms with Crippen molar-refractivity contribution < 1.29 is 19.0 Å². The molecule has 0 saturated heterocycles. The molecule has 0 amide bonds. The molecule has 4 fully saturated rings. The van der Waals surface area contributed by atoms with E-state index in [0.29, 0.717) is 23.3 Å². The van der Waals surface area contributed by atoms with Crippen LogP contribution < -0.4 is 15.0 Å². The predicted molar refractivity (Wildman–Crippen MR) is 142 cm³/mol. The predicted octanol–water partition coefficient (Wildman–Crippen LogP) is 4.78. The summed E-state index contributed by atoms with van der Waals surface area (Å²) in [6.07, 6.45) is 10.8. The first-order chi connectivity index (χ1) is 17.3. The van der Waals surface area contributed by atoms with Crippen molar-refractivity contribution in [2.24, 2.45) is 30.2 Å². The van der Waals surface area contributed by atoms with Crippen LogP contribution in [0, 0.1) is 23.2 Å². The van der Waals surface area contributed by atoms with Crippen LogP contribution in [0.15, 0.2) is 41.5 Å². The number of hydrogen-bond acceptors (Lipinski definition) is 7. The fraction of sp³-hybridized carbons (Fsp3) is 0.500. The fourth-order valence-corrected chi connectivity index (χ4v) is 9.28. The van der Waals surface area contributed by atoms with Gasteiger partial charge in [0.25, 0.3) is 5.56 Å². The van der Waals surface area contributed by atoms with Gasteiger partial charge >= 0.3 is 8.60 Å². The van der Waals surface area contributed by atoms with Crippen LogP contribution in [0.3, 0.4) is 0 Å². The van der Waals surface area contributed by atoms with Gasteiger partial charge in [0.15, 0.2) is 0 Å². The van der Waals surface area contributed by atoms with Gasteiger partial charge < -0.3 is 33.3 Å². The van der Waals surface area contributed by atoms with Crippen molar-refractivity contribution in [2.75, 3.05) is 11.0 Å². The summed E-state index contributed by atoms with van der Waals surface area (Å²) in [6.45, 7) is 0. The number of aromatic amines is 1. The average Bonchev–Trinajstić information content (AvgIpc) is 3.47. The number of rotatable bonds is 7. The summed E-state index contributed by atoms with van der Waals surface area (Å²) in [5, 5.41) is 0.878. The Labute approximate surface area is 214 Å². The topological polar surface area (TPSA) is 109 Å². The van der Waals surface area contributed by atoms with Crippen LogP contribution in [-0.4, -0.2) is 37.3 Å². The molecular formula is C26H30N3O5PS. The van der Waals surface area contributed by atoms with E-state index in [1.807, 2.05) is 36.8 Å². The first-order valence-electron chi connectivity index (χ1n) is 12.5. The zero-order valence-electron chi connectivity index (χ0n) is 20.2. The van der Waals surface area contributed by atoms with E-state index in [1.165, 1.54) is 18.4 Å². The van der Waals surface area contributed by atoms with E-state index in [-0.39, 0.29) is 22.7 Å². The first kappa shape index (κ1) is 23.1. The Kier molecular flexibility index (Phi) is 5.13. The number of anilines is 1. The van der Waals surface area contributed by atoms with E-state index in [1.54, 1.807) is 11.6 Å². The zero-order chi connectivity index (χ0) is 24.8. The normalized spacial score (nSPS) is 33.8. The number of benzene rings is 1. The Morgan fingerprint density at radius 3 is 2.86 bits per heavy atom. The first-order valence-corrected chi connectivity index (χ1v) is 14.9. The van der Waals surface area contributed by atoms with Gasteiger partial charge in [-0.05, 0) is 79.5 Å². The number of nitrogens with zero attached hydrogens (tertiary/aromatic N) is 1. The van der Waals surface area contributed by atoms with Crippen LogP contribution in [0.25, 0.3) is 22.0 Å². The fourth-order valence-electron chi connectivity index (χ4n) is 8.41. The molecule has 0 radical (unpaired) electrons. The maximum atomic E-state index is 12.7. The van der Waals surface area contributed by atoms with E-state index in [9.17, 15) is 14.6 Å². The smallest absolute Gasteiger partial charge is 0.327 e. The van der Waals surface area contributed by atoms with Crippen molar-refractivity contribution in [1.29, 1.82) is 0 Å². The van der Waals surface area contributed by atoms with Crippen molar-refractivity contribution in [1.82, 2.24) is 9.55 Å². The van der Waals surface area contributed by atoms with E-state index < -0.39 is 8.60 Å². The molecule has 6 unspecified atom stereocenters. The molecule has 2 heterocycles. The highest BCUT2D eigenvalue weighted by molar-refractivity contribution is 7.99. The Morgan fingerprint density at radius 1 is 1.19 bits per heavy atom. The summed E-state index contributed by atoms with van der Waals surface area (Å²) in [5.74, 6) is 2.12. The molecule has 190 valence electrons. The Morgan fingerprint density at radius 2 is 2.06 bits per heavy atom. The Balaban J connectivity index is 1.31. The minimum absolute atomic E-state index is 0.0571. The van der Waals surface area contributed by atoms with Gasteiger partial charge in [-0.2, -0.15) is 0 Å². The number of ether oxygens (including phenoxy) is 1. The largest absolute Gasteiger partial charge is 0.487 e. The highest BCUT2D eigenvalue weighted by Gasteiger charge is 2.76. The molecule has 3 bridgehead atoms. The number of hydrogen-bond donors (Lipinski definition) is 4. The van der Waals surface area contributed by atoms with Gasteiger partial charge in [0, 0.05) is 47.9 Å². The lowest BCUT2D eigenvalue weighted by molar-refractivity contribution is -0.127. The molecule has 6 atom stereocenters. The average molecular weight is 528 g/mol. The second kappa shape index (κ2) is 7.98. The molecule has 36 heavy (non-hydrogen) atoms. The van der Waals surface area contributed by atoms with E-state index >= 15 is 0 Å². The summed E-state index contributed by atoms with van der Waals surface area (Å²) < 4.78 is 17.7. The minimum Gasteiger partial charge on any atom is -0.487 e. The molecule has 1 aromatic carbocycles. The number of pyridine rings is 1. The summed E-state index contributed by atoms with van der Waals surface area (Å²) in [7, 11) is -0.574. The molecule has 4 aliphatic carbocycles. The summed E-state index contributed by atoms with van der Waals surface area (Å²) in [6, 6.07) is 8.15. The van der Waals surface area contributed by atoms with Crippen molar-refractivity contribution in [3.63, 3.8) is 0 Å². The molecule has 2 aromatic heterocycles. The van der Waals surface area contributed by atoms with Crippen LogP contribution >= 0.6 is 20.6 Å². The molecule has 4 saturated carbocycles.